The van der Waals surface area contributed by atoms with Crippen LogP contribution in [0, 0.1) is 5.41 Å². The van der Waals surface area contributed by atoms with Gasteiger partial charge >= 0.3 is 6.18 Å². The number of aromatic nitrogens is 5. The maximum absolute atomic E-state index is 12.8. The van der Waals surface area contributed by atoms with E-state index in [9.17, 15) is 26.7 Å². The van der Waals surface area contributed by atoms with E-state index in [0.29, 0.717) is 43.8 Å². The van der Waals surface area contributed by atoms with Gasteiger partial charge in [-0.1, -0.05) is 0 Å². The Balaban J connectivity index is 1.28. The average molecular weight is 481 g/mol. The van der Waals surface area contributed by atoms with Gasteiger partial charge in [-0.2, -0.15) is 18.3 Å². The Labute approximate surface area is 190 Å². The third-order valence-corrected chi connectivity index (χ3v) is 6.46. The number of halogens is 5. The molecule has 34 heavy (non-hydrogen) atoms. The molecule has 180 valence electrons. The van der Waals surface area contributed by atoms with Crippen molar-refractivity contribution in [3.8, 4) is 0 Å². The first-order valence-electron chi connectivity index (χ1n) is 10.7. The number of rotatable bonds is 4. The Hall–Kier alpha value is -3.38. The highest BCUT2D eigenvalue weighted by atomic mass is 19.4. The quantitative estimate of drug-likeness (QED) is 0.531. The summed E-state index contributed by atoms with van der Waals surface area (Å²) in [5.41, 5.74) is -0.459. The van der Waals surface area contributed by atoms with Crippen LogP contribution in [0.25, 0.3) is 11.2 Å². The van der Waals surface area contributed by atoms with Crippen molar-refractivity contribution in [2.75, 3.05) is 29.4 Å². The van der Waals surface area contributed by atoms with Crippen LogP contribution in [0.15, 0.2) is 30.7 Å². The van der Waals surface area contributed by atoms with Gasteiger partial charge in [0, 0.05) is 37.7 Å². The number of nitrogens with zero attached hydrogens (tertiary/aromatic N) is 7. The lowest BCUT2D eigenvalue weighted by Gasteiger charge is -2.39. The molecule has 5 heterocycles. The van der Waals surface area contributed by atoms with Crippen LogP contribution in [-0.2, 0) is 17.5 Å². The van der Waals surface area contributed by atoms with E-state index >= 15 is 0 Å². The number of piperidine rings is 1. The minimum atomic E-state index is -4.49. The predicted octanol–water partition coefficient (Wildman–Crippen LogP) is 3.53. The molecule has 0 saturated carbocycles. The monoisotopic (exact) mass is 481 g/mol. The summed E-state index contributed by atoms with van der Waals surface area (Å²) in [6, 6.07) is 2.15. The topological polar surface area (TPSA) is 80.0 Å². The van der Waals surface area contributed by atoms with Crippen molar-refractivity contribution in [2.24, 2.45) is 5.41 Å². The zero-order valence-corrected chi connectivity index (χ0v) is 17.8. The van der Waals surface area contributed by atoms with Gasteiger partial charge < -0.3 is 4.90 Å². The van der Waals surface area contributed by atoms with Gasteiger partial charge in [-0.15, -0.1) is 0 Å². The highest BCUT2D eigenvalue weighted by molar-refractivity contribution is 5.95. The van der Waals surface area contributed by atoms with Crippen LogP contribution in [-0.4, -0.2) is 56.7 Å². The minimum absolute atomic E-state index is 0.169. The highest BCUT2D eigenvalue weighted by Gasteiger charge is 2.46. The molecule has 0 radical (unpaired) electrons. The number of carbonyl (C=O) groups excluding carboxylic acids is 1. The van der Waals surface area contributed by atoms with Crippen LogP contribution in [0.2, 0.25) is 0 Å². The van der Waals surface area contributed by atoms with Crippen LogP contribution in [0.1, 0.15) is 24.8 Å². The van der Waals surface area contributed by atoms with E-state index in [0.717, 1.165) is 16.9 Å². The average Bonchev–Trinajstić information content (AvgIpc) is 3.33. The van der Waals surface area contributed by atoms with Gasteiger partial charge in [-0.05, 0) is 25.0 Å². The van der Waals surface area contributed by atoms with Gasteiger partial charge in [0.2, 0.25) is 5.91 Å². The van der Waals surface area contributed by atoms with Crippen molar-refractivity contribution in [2.45, 2.75) is 38.4 Å². The largest absolute Gasteiger partial charge is 0.417 e. The van der Waals surface area contributed by atoms with E-state index in [2.05, 4.69) is 20.1 Å². The van der Waals surface area contributed by atoms with Crippen LogP contribution in [0.3, 0.4) is 0 Å². The first-order chi connectivity index (χ1) is 16.1. The van der Waals surface area contributed by atoms with E-state index in [1.54, 1.807) is 6.20 Å². The van der Waals surface area contributed by atoms with Gasteiger partial charge in [0.05, 0.1) is 18.0 Å². The first kappa shape index (κ1) is 22.4. The molecule has 3 aromatic rings. The van der Waals surface area contributed by atoms with E-state index in [-0.39, 0.29) is 29.2 Å². The number of hydrogen-bond acceptors (Lipinski definition) is 6. The second-order valence-electron chi connectivity index (χ2n) is 8.70. The van der Waals surface area contributed by atoms with Gasteiger partial charge in [0.25, 0.3) is 6.43 Å². The molecule has 0 N–H and O–H groups in total. The smallest absolute Gasteiger partial charge is 0.355 e. The Morgan fingerprint density at radius 3 is 2.44 bits per heavy atom. The standard InChI is InChI=1S/C21H20F5N7O/c22-15(23)11-33-19-14(9-29-33)27-10-17(30-19)31-5-3-20(4-6-31)7-18(34)32(12-20)16-2-1-13(8-28-16)21(24,25)26/h1-2,8-10,15H,3-7,11-12H2. The SMILES string of the molecule is O=C1CC2(CCN(c3cnc4cnn(CC(F)F)c4n3)CC2)CN1c1ccc(C(F)(F)F)cn1. The van der Waals surface area contributed by atoms with E-state index < -0.39 is 24.7 Å². The lowest BCUT2D eigenvalue weighted by atomic mass is 9.77. The molecule has 0 aromatic carbocycles. The molecule has 0 atom stereocenters. The van der Waals surface area contributed by atoms with Crippen LogP contribution in [0.4, 0.5) is 33.6 Å². The fraction of sp³-hybridized carbons (Fsp3) is 0.476. The fourth-order valence-corrected chi connectivity index (χ4v) is 4.62. The third kappa shape index (κ3) is 4.14. The maximum Gasteiger partial charge on any atom is 0.417 e. The third-order valence-electron chi connectivity index (χ3n) is 6.46. The number of hydrogen-bond donors (Lipinski definition) is 0. The number of fused-ring (bicyclic) bond motifs is 1. The van der Waals surface area contributed by atoms with Crippen molar-refractivity contribution < 1.29 is 26.7 Å². The van der Waals surface area contributed by atoms with E-state index in [4.69, 9.17) is 0 Å². The minimum Gasteiger partial charge on any atom is -0.355 e. The Bertz CT molecular complexity index is 1200. The van der Waals surface area contributed by atoms with Crippen LogP contribution in [0.5, 0.6) is 0 Å². The molecule has 2 aliphatic heterocycles. The molecule has 0 bridgehead atoms. The maximum atomic E-state index is 12.8. The molecule has 0 unspecified atom stereocenters. The molecule has 2 saturated heterocycles. The summed E-state index contributed by atoms with van der Waals surface area (Å²) < 4.78 is 65.2. The Morgan fingerprint density at radius 2 is 1.79 bits per heavy atom. The van der Waals surface area contributed by atoms with Crippen molar-refractivity contribution in [1.82, 2.24) is 24.7 Å². The summed E-state index contributed by atoms with van der Waals surface area (Å²) in [6.07, 6.45) is -1.74. The van der Waals surface area contributed by atoms with Crippen molar-refractivity contribution in [3.05, 3.63) is 36.3 Å². The molecule has 2 aliphatic rings. The summed E-state index contributed by atoms with van der Waals surface area (Å²) in [5, 5.41) is 3.93. The van der Waals surface area contributed by atoms with Gasteiger partial charge in [0.1, 0.15) is 23.7 Å². The molecule has 1 spiro atoms. The number of carbonyl (C=O) groups is 1. The van der Waals surface area contributed by atoms with Gasteiger partial charge in [-0.25, -0.2) is 28.4 Å². The summed E-state index contributed by atoms with van der Waals surface area (Å²) >= 11 is 0. The molecule has 1 amide bonds. The zero-order chi connectivity index (χ0) is 24.1. The number of amides is 1. The van der Waals surface area contributed by atoms with Gasteiger partial charge in [0.15, 0.2) is 5.65 Å². The highest BCUT2D eigenvalue weighted by Crippen LogP contribution is 2.43. The molecular formula is C21H20F5N7O. The Morgan fingerprint density at radius 1 is 1.03 bits per heavy atom. The number of alkyl halides is 5. The lowest BCUT2D eigenvalue weighted by molar-refractivity contribution is -0.137. The van der Waals surface area contributed by atoms with Crippen LogP contribution < -0.4 is 9.80 Å². The lowest BCUT2D eigenvalue weighted by Crippen LogP contribution is -2.42. The second-order valence-corrected chi connectivity index (χ2v) is 8.70. The van der Waals surface area contributed by atoms with E-state index in [1.807, 2.05) is 4.90 Å². The molecule has 8 nitrogen and oxygen atoms in total. The number of anilines is 2. The van der Waals surface area contributed by atoms with Crippen molar-refractivity contribution in [1.29, 1.82) is 0 Å². The summed E-state index contributed by atoms with van der Waals surface area (Å²) in [5.74, 6) is 0.586. The van der Waals surface area contributed by atoms with Crippen molar-refractivity contribution >= 4 is 28.7 Å². The molecule has 2 fully saturated rings. The molecule has 0 aliphatic carbocycles. The normalized spacial score (nSPS) is 18.6. The molecule has 13 heteroatoms. The van der Waals surface area contributed by atoms with Gasteiger partial charge in [-0.3, -0.25) is 9.69 Å². The predicted molar refractivity (Wildman–Crippen MR) is 111 cm³/mol. The summed E-state index contributed by atoms with van der Waals surface area (Å²) in [6.45, 7) is 0.958. The van der Waals surface area contributed by atoms with E-state index in [1.165, 1.54) is 17.2 Å². The molecular weight excluding hydrogens is 461 g/mol. The fourth-order valence-electron chi connectivity index (χ4n) is 4.62. The summed E-state index contributed by atoms with van der Waals surface area (Å²) in [4.78, 5) is 28.7. The Kier molecular flexibility index (Phi) is 5.36. The molecule has 3 aromatic heterocycles. The first-order valence-corrected chi connectivity index (χ1v) is 10.7. The van der Waals surface area contributed by atoms with Crippen LogP contribution >= 0.6 is 0 Å². The molecule has 5 rings (SSSR count). The summed E-state index contributed by atoms with van der Waals surface area (Å²) in [7, 11) is 0. The second kappa shape index (κ2) is 8.13. The van der Waals surface area contributed by atoms with Crippen molar-refractivity contribution in [3.63, 3.8) is 0 Å². The number of pyridine rings is 1. The zero-order valence-electron chi connectivity index (χ0n) is 17.8.